The minimum atomic E-state index is -3.48. The fourth-order valence-corrected chi connectivity index (χ4v) is 4.81. The molecule has 118 valence electrons. The lowest BCUT2D eigenvalue weighted by atomic mass is 10.1. The molecule has 0 bridgehead atoms. The van der Waals surface area contributed by atoms with Crippen molar-refractivity contribution in [2.24, 2.45) is 0 Å². The van der Waals surface area contributed by atoms with Gasteiger partial charge in [-0.2, -0.15) is 9.40 Å². The summed E-state index contributed by atoms with van der Waals surface area (Å²) in [5.41, 5.74) is 1.40. The highest BCUT2D eigenvalue weighted by Crippen LogP contribution is 2.27. The van der Waals surface area contributed by atoms with Crippen molar-refractivity contribution in [3.8, 4) is 5.69 Å². The number of hydrogen-bond acceptors (Lipinski definition) is 3. The third-order valence-corrected chi connectivity index (χ3v) is 6.32. The van der Waals surface area contributed by atoms with Gasteiger partial charge in [-0.05, 0) is 38.8 Å². The number of hydrogen-bond donors (Lipinski definition) is 0. The topological polar surface area (TPSA) is 55.2 Å². The van der Waals surface area contributed by atoms with Gasteiger partial charge in [0.25, 0.3) is 0 Å². The molecule has 5 nitrogen and oxygen atoms in total. The fourth-order valence-electron chi connectivity index (χ4n) is 2.97. The summed E-state index contributed by atoms with van der Waals surface area (Å²) in [6.07, 6.45) is 4.57. The first-order valence-electron chi connectivity index (χ1n) is 7.63. The van der Waals surface area contributed by atoms with Gasteiger partial charge >= 0.3 is 0 Å². The first-order valence-corrected chi connectivity index (χ1v) is 9.07. The van der Waals surface area contributed by atoms with Gasteiger partial charge in [0.15, 0.2) is 0 Å². The first-order chi connectivity index (χ1) is 10.5. The molecule has 6 heteroatoms. The smallest absolute Gasteiger partial charge is 0.239 e. The van der Waals surface area contributed by atoms with E-state index < -0.39 is 10.0 Å². The number of nitrogens with zero attached hydrogens (tertiary/aromatic N) is 3. The Balaban J connectivity index is 1.99. The number of aryl methyl sites for hydroxylation is 1. The van der Waals surface area contributed by atoms with E-state index >= 15 is 0 Å². The average molecular weight is 319 g/mol. The third kappa shape index (κ3) is 2.68. The van der Waals surface area contributed by atoms with E-state index in [9.17, 15) is 8.42 Å². The van der Waals surface area contributed by atoms with Crippen LogP contribution in [-0.2, 0) is 10.0 Å². The monoisotopic (exact) mass is 319 g/mol. The molecule has 1 aromatic carbocycles. The van der Waals surface area contributed by atoms with Gasteiger partial charge in [-0.3, -0.25) is 0 Å². The highest BCUT2D eigenvalue weighted by Gasteiger charge is 2.33. The van der Waals surface area contributed by atoms with Crippen molar-refractivity contribution >= 4 is 10.0 Å². The lowest BCUT2D eigenvalue weighted by Crippen LogP contribution is -2.42. The summed E-state index contributed by atoms with van der Waals surface area (Å²) in [6.45, 7) is 4.33. The lowest BCUT2D eigenvalue weighted by Gasteiger charge is -2.31. The van der Waals surface area contributed by atoms with Crippen LogP contribution in [0.2, 0.25) is 0 Å². The van der Waals surface area contributed by atoms with E-state index in [4.69, 9.17) is 0 Å². The molecule has 2 heterocycles. The highest BCUT2D eigenvalue weighted by atomic mass is 32.2. The van der Waals surface area contributed by atoms with Gasteiger partial charge in [0.05, 0.1) is 17.6 Å². The molecule has 1 fully saturated rings. The number of rotatable bonds is 3. The van der Waals surface area contributed by atoms with Crippen molar-refractivity contribution in [3.05, 3.63) is 42.2 Å². The van der Waals surface area contributed by atoms with Crippen LogP contribution < -0.4 is 0 Å². The standard InChI is InChI=1S/C16H21N3O2S/c1-13-8-6-7-11-19(13)22(20,21)16-12-18(17-14(16)2)15-9-4-3-5-10-15/h3-5,9-10,12-13H,6-8,11H2,1-2H3. The van der Waals surface area contributed by atoms with Crippen LogP contribution >= 0.6 is 0 Å². The van der Waals surface area contributed by atoms with Crippen molar-refractivity contribution in [2.45, 2.75) is 44.0 Å². The minimum absolute atomic E-state index is 0.0539. The Morgan fingerprint density at radius 1 is 1.18 bits per heavy atom. The average Bonchev–Trinajstić information content (AvgIpc) is 2.91. The van der Waals surface area contributed by atoms with Crippen molar-refractivity contribution in [1.29, 1.82) is 0 Å². The van der Waals surface area contributed by atoms with E-state index in [1.807, 2.05) is 37.3 Å². The quantitative estimate of drug-likeness (QED) is 0.874. The molecule has 1 aromatic heterocycles. The molecule has 1 saturated heterocycles. The molecule has 1 unspecified atom stereocenters. The number of benzene rings is 1. The van der Waals surface area contributed by atoms with Crippen LogP contribution in [0.4, 0.5) is 0 Å². The number of sulfonamides is 1. The Labute approximate surface area is 131 Å². The molecule has 1 aliphatic rings. The van der Waals surface area contributed by atoms with Crippen molar-refractivity contribution in [1.82, 2.24) is 14.1 Å². The van der Waals surface area contributed by atoms with E-state index in [0.717, 1.165) is 24.9 Å². The van der Waals surface area contributed by atoms with Crippen LogP contribution in [0.1, 0.15) is 31.9 Å². The van der Waals surface area contributed by atoms with Crippen molar-refractivity contribution in [2.75, 3.05) is 6.54 Å². The van der Waals surface area contributed by atoms with E-state index in [2.05, 4.69) is 5.10 Å². The molecule has 22 heavy (non-hydrogen) atoms. The van der Waals surface area contributed by atoms with Gasteiger partial charge < -0.3 is 0 Å². The SMILES string of the molecule is Cc1nn(-c2ccccc2)cc1S(=O)(=O)N1CCCCC1C. The first kappa shape index (κ1) is 15.2. The van der Waals surface area contributed by atoms with Crippen molar-refractivity contribution in [3.63, 3.8) is 0 Å². The van der Waals surface area contributed by atoms with Crippen LogP contribution in [-0.4, -0.2) is 35.1 Å². The largest absolute Gasteiger partial charge is 0.246 e. The summed E-state index contributed by atoms with van der Waals surface area (Å²) in [6, 6.07) is 9.62. The van der Waals surface area contributed by atoms with Gasteiger partial charge in [-0.1, -0.05) is 24.6 Å². The Kier molecular flexibility index (Phi) is 4.06. The van der Waals surface area contributed by atoms with Crippen LogP contribution in [0.3, 0.4) is 0 Å². The Morgan fingerprint density at radius 2 is 1.91 bits per heavy atom. The molecule has 0 aliphatic carbocycles. The molecule has 3 rings (SSSR count). The molecule has 0 N–H and O–H groups in total. The number of para-hydroxylation sites is 1. The molecule has 1 atom stereocenters. The van der Waals surface area contributed by atoms with Gasteiger partial charge in [0.1, 0.15) is 4.90 Å². The lowest BCUT2D eigenvalue weighted by molar-refractivity contribution is 0.268. The molecule has 0 radical (unpaired) electrons. The molecule has 0 saturated carbocycles. The maximum atomic E-state index is 12.9. The molecule has 1 aliphatic heterocycles. The Hall–Kier alpha value is -1.66. The summed E-state index contributed by atoms with van der Waals surface area (Å²) in [5.74, 6) is 0. The fraction of sp³-hybridized carbons (Fsp3) is 0.438. The summed E-state index contributed by atoms with van der Waals surface area (Å²) >= 11 is 0. The maximum Gasteiger partial charge on any atom is 0.246 e. The minimum Gasteiger partial charge on any atom is -0.239 e. The molecule has 2 aromatic rings. The zero-order valence-corrected chi connectivity index (χ0v) is 13.8. The highest BCUT2D eigenvalue weighted by molar-refractivity contribution is 7.89. The second-order valence-electron chi connectivity index (χ2n) is 5.82. The predicted octanol–water partition coefficient (Wildman–Crippen LogP) is 2.74. The normalized spacial score (nSPS) is 20.2. The number of aromatic nitrogens is 2. The zero-order valence-electron chi connectivity index (χ0n) is 12.9. The van der Waals surface area contributed by atoms with E-state index in [1.54, 1.807) is 22.1 Å². The van der Waals surface area contributed by atoms with Crippen LogP contribution in [0.15, 0.2) is 41.4 Å². The van der Waals surface area contributed by atoms with Gasteiger partial charge in [-0.25, -0.2) is 13.1 Å². The van der Waals surface area contributed by atoms with E-state index in [0.29, 0.717) is 17.1 Å². The predicted molar refractivity (Wildman–Crippen MR) is 85.5 cm³/mol. The summed E-state index contributed by atoms with van der Waals surface area (Å²) < 4.78 is 29.1. The second-order valence-corrected chi connectivity index (χ2v) is 7.68. The number of piperidine rings is 1. The van der Waals surface area contributed by atoms with Gasteiger partial charge in [0.2, 0.25) is 10.0 Å². The summed E-state index contributed by atoms with van der Waals surface area (Å²) in [4.78, 5) is 0.310. The van der Waals surface area contributed by atoms with Gasteiger partial charge in [0, 0.05) is 12.6 Å². The second kappa shape index (κ2) is 5.85. The Bertz CT molecular complexity index is 753. The third-order valence-electron chi connectivity index (χ3n) is 4.20. The van der Waals surface area contributed by atoms with Gasteiger partial charge in [-0.15, -0.1) is 0 Å². The molecule has 0 spiro atoms. The Morgan fingerprint density at radius 3 is 2.59 bits per heavy atom. The zero-order chi connectivity index (χ0) is 15.7. The van der Waals surface area contributed by atoms with Crippen molar-refractivity contribution < 1.29 is 8.42 Å². The molecular weight excluding hydrogens is 298 g/mol. The summed E-state index contributed by atoms with van der Waals surface area (Å²) in [7, 11) is -3.48. The van der Waals surface area contributed by atoms with E-state index in [1.165, 1.54) is 0 Å². The molecular formula is C16H21N3O2S. The van der Waals surface area contributed by atoms with Crippen LogP contribution in [0, 0.1) is 6.92 Å². The van der Waals surface area contributed by atoms with Crippen LogP contribution in [0.25, 0.3) is 5.69 Å². The maximum absolute atomic E-state index is 12.9. The summed E-state index contributed by atoms with van der Waals surface area (Å²) in [5, 5.41) is 4.38. The van der Waals surface area contributed by atoms with Crippen LogP contribution in [0.5, 0.6) is 0 Å². The van der Waals surface area contributed by atoms with E-state index in [-0.39, 0.29) is 6.04 Å². The molecule has 0 amide bonds.